The Bertz CT molecular complexity index is 1110. The first-order chi connectivity index (χ1) is 14.6. The fraction of sp³-hybridized carbons (Fsp3) is 0.364. The van der Waals surface area contributed by atoms with E-state index in [0.717, 1.165) is 5.56 Å². The predicted molar refractivity (Wildman–Crippen MR) is 117 cm³/mol. The van der Waals surface area contributed by atoms with Gasteiger partial charge in [-0.2, -0.15) is 9.57 Å². The van der Waals surface area contributed by atoms with E-state index in [2.05, 4.69) is 5.32 Å². The van der Waals surface area contributed by atoms with Crippen molar-refractivity contribution in [3.63, 3.8) is 0 Å². The number of benzene rings is 2. The molecule has 2 aromatic carbocycles. The van der Waals surface area contributed by atoms with Gasteiger partial charge in [-0.05, 0) is 62.7 Å². The van der Waals surface area contributed by atoms with Crippen molar-refractivity contribution in [3.8, 4) is 11.8 Å². The van der Waals surface area contributed by atoms with Gasteiger partial charge < -0.3 is 10.4 Å². The maximum absolute atomic E-state index is 13.2. The van der Waals surface area contributed by atoms with Gasteiger partial charge in [0.2, 0.25) is 15.9 Å². The Labute approximate surface area is 182 Å². The summed E-state index contributed by atoms with van der Waals surface area (Å²) in [6.45, 7) is 6.37. The van der Waals surface area contributed by atoms with Crippen molar-refractivity contribution in [1.29, 1.82) is 5.26 Å². The SMILES string of the molecule is Cc1cc(O)ccc1NC(=O)CN1CC(C)N(S(=O)(=O)c2cccc(C#N)c2)C(C)C1. The summed E-state index contributed by atoms with van der Waals surface area (Å²) in [4.78, 5) is 14.5. The molecule has 31 heavy (non-hydrogen) atoms. The van der Waals surface area contributed by atoms with Crippen molar-refractivity contribution in [2.24, 2.45) is 0 Å². The highest BCUT2D eigenvalue weighted by Crippen LogP contribution is 2.26. The van der Waals surface area contributed by atoms with E-state index >= 15 is 0 Å². The first-order valence-electron chi connectivity index (χ1n) is 9.97. The Balaban J connectivity index is 1.69. The lowest BCUT2D eigenvalue weighted by atomic mass is 10.1. The Morgan fingerprint density at radius 1 is 1.19 bits per heavy atom. The number of hydrogen-bond acceptors (Lipinski definition) is 6. The average Bonchev–Trinajstić information content (AvgIpc) is 2.69. The molecule has 164 valence electrons. The summed E-state index contributed by atoms with van der Waals surface area (Å²) >= 11 is 0. The molecule has 0 spiro atoms. The topological polar surface area (TPSA) is 114 Å². The number of amides is 1. The van der Waals surface area contributed by atoms with Gasteiger partial charge >= 0.3 is 0 Å². The zero-order chi connectivity index (χ0) is 22.8. The molecule has 2 N–H and O–H groups in total. The summed E-state index contributed by atoms with van der Waals surface area (Å²) in [6.07, 6.45) is 0. The van der Waals surface area contributed by atoms with Crippen molar-refractivity contribution in [1.82, 2.24) is 9.21 Å². The number of sulfonamides is 1. The molecule has 1 aliphatic rings. The predicted octanol–water partition coefficient (Wildman–Crippen LogP) is 2.29. The highest BCUT2D eigenvalue weighted by atomic mass is 32.2. The number of phenols is 1. The molecule has 1 aliphatic heterocycles. The Kier molecular flexibility index (Phi) is 6.65. The molecule has 1 saturated heterocycles. The van der Waals surface area contributed by atoms with Crippen molar-refractivity contribution in [2.75, 3.05) is 25.0 Å². The van der Waals surface area contributed by atoms with Gasteiger partial charge in [-0.1, -0.05) is 6.07 Å². The lowest BCUT2D eigenvalue weighted by Crippen LogP contribution is -2.59. The van der Waals surface area contributed by atoms with Crippen LogP contribution in [-0.4, -0.2) is 60.4 Å². The number of hydrogen-bond donors (Lipinski definition) is 2. The Morgan fingerprint density at radius 2 is 1.87 bits per heavy atom. The highest BCUT2D eigenvalue weighted by molar-refractivity contribution is 7.89. The number of rotatable bonds is 5. The van der Waals surface area contributed by atoms with Crippen LogP contribution >= 0.6 is 0 Å². The number of nitrogens with one attached hydrogen (secondary N) is 1. The first kappa shape index (κ1) is 22.7. The smallest absolute Gasteiger partial charge is 0.243 e. The van der Waals surface area contributed by atoms with Gasteiger partial charge in [-0.3, -0.25) is 9.69 Å². The number of piperazine rings is 1. The van der Waals surface area contributed by atoms with Crippen LogP contribution in [0.25, 0.3) is 0 Å². The molecule has 3 rings (SSSR count). The summed E-state index contributed by atoms with van der Waals surface area (Å²) in [7, 11) is -3.77. The van der Waals surface area contributed by atoms with Gasteiger partial charge in [-0.15, -0.1) is 0 Å². The largest absolute Gasteiger partial charge is 0.508 e. The third-order valence-corrected chi connectivity index (χ3v) is 7.43. The van der Waals surface area contributed by atoms with Crippen LogP contribution in [0.1, 0.15) is 25.0 Å². The molecule has 1 fully saturated rings. The molecule has 0 saturated carbocycles. The molecule has 0 bridgehead atoms. The second-order valence-corrected chi connectivity index (χ2v) is 9.76. The summed E-state index contributed by atoms with van der Waals surface area (Å²) in [5, 5.41) is 21.4. The van der Waals surface area contributed by atoms with Crippen LogP contribution in [0.3, 0.4) is 0 Å². The molecule has 1 heterocycles. The molecule has 2 atom stereocenters. The fourth-order valence-electron chi connectivity index (χ4n) is 4.05. The quantitative estimate of drug-likeness (QED) is 0.687. The van der Waals surface area contributed by atoms with Gasteiger partial charge in [0, 0.05) is 30.9 Å². The number of aryl methyl sites for hydroxylation is 1. The number of carbonyl (C=O) groups excluding carboxylic acids is 1. The van der Waals surface area contributed by atoms with Crippen molar-refractivity contribution in [2.45, 2.75) is 37.8 Å². The highest BCUT2D eigenvalue weighted by Gasteiger charge is 2.38. The minimum Gasteiger partial charge on any atom is -0.508 e. The number of nitrogens with zero attached hydrogens (tertiary/aromatic N) is 3. The standard InChI is InChI=1S/C22H26N4O4S/c1-15-9-19(27)7-8-21(15)24-22(28)14-25-12-16(2)26(17(3)13-25)31(29,30)20-6-4-5-18(10-20)11-23/h4-10,16-17,27H,12-14H2,1-3H3,(H,24,28). The maximum Gasteiger partial charge on any atom is 0.243 e. The van der Waals surface area contributed by atoms with E-state index in [4.69, 9.17) is 5.26 Å². The minimum absolute atomic E-state index is 0.0965. The van der Waals surface area contributed by atoms with Crippen molar-refractivity contribution < 1.29 is 18.3 Å². The van der Waals surface area contributed by atoms with Crippen LogP contribution in [0, 0.1) is 18.3 Å². The van der Waals surface area contributed by atoms with E-state index in [-0.39, 0.29) is 35.2 Å². The molecule has 0 aromatic heterocycles. The van der Waals surface area contributed by atoms with Crippen LogP contribution in [0.2, 0.25) is 0 Å². The maximum atomic E-state index is 13.2. The number of anilines is 1. The molecule has 8 nitrogen and oxygen atoms in total. The third kappa shape index (κ3) is 5.05. The molecular weight excluding hydrogens is 416 g/mol. The van der Waals surface area contributed by atoms with E-state index in [1.807, 2.05) is 24.8 Å². The molecule has 2 unspecified atom stereocenters. The Morgan fingerprint density at radius 3 is 2.48 bits per heavy atom. The average molecular weight is 443 g/mol. The number of phenolic OH excluding ortho intramolecular Hbond substituents is 1. The normalized spacial score (nSPS) is 20.2. The van der Waals surface area contributed by atoms with Crippen molar-refractivity contribution >= 4 is 21.6 Å². The van der Waals surface area contributed by atoms with Gasteiger partial charge in [0.1, 0.15) is 5.75 Å². The van der Waals surface area contributed by atoms with E-state index < -0.39 is 10.0 Å². The van der Waals surface area contributed by atoms with Crippen LogP contribution in [-0.2, 0) is 14.8 Å². The molecule has 0 radical (unpaired) electrons. The summed E-state index contributed by atoms with van der Waals surface area (Å²) in [6, 6.07) is 12.0. The van der Waals surface area contributed by atoms with Crippen LogP contribution in [0.15, 0.2) is 47.4 Å². The van der Waals surface area contributed by atoms with Gasteiger partial charge in [0.05, 0.1) is 23.1 Å². The molecule has 1 amide bonds. The summed E-state index contributed by atoms with van der Waals surface area (Å²) in [5.74, 6) is -0.0676. The Hall–Kier alpha value is -2.93. The zero-order valence-corrected chi connectivity index (χ0v) is 18.6. The van der Waals surface area contributed by atoms with Gasteiger partial charge in [0.25, 0.3) is 0 Å². The second-order valence-electron chi connectivity index (χ2n) is 7.91. The number of carbonyl (C=O) groups is 1. The zero-order valence-electron chi connectivity index (χ0n) is 17.7. The third-order valence-electron chi connectivity index (χ3n) is 5.30. The molecule has 0 aliphatic carbocycles. The monoisotopic (exact) mass is 442 g/mol. The lowest BCUT2D eigenvalue weighted by Gasteiger charge is -2.43. The van der Waals surface area contributed by atoms with E-state index in [1.54, 1.807) is 31.2 Å². The van der Waals surface area contributed by atoms with Crippen LogP contribution in [0.5, 0.6) is 5.75 Å². The molecule has 9 heteroatoms. The minimum atomic E-state index is -3.77. The van der Waals surface area contributed by atoms with Gasteiger partial charge in [-0.25, -0.2) is 8.42 Å². The summed E-state index contributed by atoms with van der Waals surface area (Å²) in [5.41, 5.74) is 1.68. The van der Waals surface area contributed by atoms with Gasteiger partial charge in [0.15, 0.2) is 0 Å². The van der Waals surface area contributed by atoms with E-state index in [0.29, 0.717) is 24.3 Å². The number of aromatic hydroxyl groups is 1. The van der Waals surface area contributed by atoms with Crippen LogP contribution in [0.4, 0.5) is 5.69 Å². The van der Waals surface area contributed by atoms with Crippen molar-refractivity contribution in [3.05, 3.63) is 53.6 Å². The van der Waals surface area contributed by atoms with E-state index in [1.165, 1.54) is 22.5 Å². The molecular formula is C22H26N4O4S. The lowest BCUT2D eigenvalue weighted by molar-refractivity contribution is -0.118. The number of nitriles is 1. The second kappa shape index (κ2) is 9.06. The summed E-state index contributed by atoms with van der Waals surface area (Å²) < 4.78 is 27.9. The van der Waals surface area contributed by atoms with Crippen LogP contribution < -0.4 is 5.32 Å². The molecule has 2 aromatic rings. The first-order valence-corrected chi connectivity index (χ1v) is 11.4. The van der Waals surface area contributed by atoms with E-state index in [9.17, 15) is 18.3 Å². The fourth-order valence-corrected chi connectivity index (χ4v) is 5.90.